The number of benzene rings is 1. The average molecular weight is 401 g/mol. The minimum atomic E-state index is 0.236. The third kappa shape index (κ3) is 5.97. The Morgan fingerprint density at radius 1 is 1.10 bits per heavy atom. The van der Waals surface area contributed by atoms with Gasteiger partial charge in [0.1, 0.15) is 0 Å². The summed E-state index contributed by atoms with van der Waals surface area (Å²) in [6.45, 7) is 6.94. The summed E-state index contributed by atoms with van der Waals surface area (Å²) in [5, 5.41) is 0. The second-order valence-electron chi connectivity index (χ2n) is 6.22. The van der Waals surface area contributed by atoms with Crippen molar-refractivity contribution in [1.29, 1.82) is 0 Å². The van der Waals surface area contributed by atoms with E-state index >= 15 is 0 Å². The highest BCUT2D eigenvalue weighted by Gasteiger charge is 2.20. The Morgan fingerprint density at radius 3 is 2.24 bits per heavy atom. The van der Waals surface area contributed by atoms with Crippen molar-refractivity contribution in [3.05, 3.63) is 35.4 Å². The SMILES string of the molecule is CCCCCCCC(C)(C)c1ccc(/C(=N/I)OC)cc1. The number of nitrogens with zero attached hydrogens (tertiary/aromatic N) is 1. The summed E-state index contributed by atoms with van der Waals surface area (Å²) < 4.78 is 9.37. The first-order valence-electron chi connectivity index (χ1n) is 7.89. The molecule has 0 radical (unpaired) electrons. The number of ether oxygens (including phenoxy) is 1. The Balaban J connectivity index is 2.62. The molecule has 0 saturated heterocycles. The number of hydrogen-bond acceptors (Lipinski definition) is 2. The number of unbranched alkanes of at least 4 members (excludes halogenated alkanes) is 4. The van der Waals surface area contributed by atoms with Crippen LogP contribution in [0.3, 0.4) is 0 Å². The lowest BCUT2D eigenvalue weighted by molar-refractivity contribution is 0.406. The predicted molar refractivity (Wildman–Crippen MR) is 100 cm³/mol. The van der Waals surface area contributed by atoms with Crippen molar-refractivity contribution < 1.29 is 4.74 Å². The summed E-state index contributed by atoms with van der Waals surface area (Å²) in [7, 11) is 1.66. The second kappa shape index (κ2) is 9.44. The molecule has 0 aliphatic carbocycles. The highest BCUT2D eigenvalue weighted by molar-refractivity contribution is 14.1. The van der Waals surface area contributed by atoms with Gasteiger partial charge in [-0.15, -0.1) is 0 Å². The molecular formula is C18H28INO. The first-order valence-corrected chi connectivity index (χ1v) is 8.85. The number of halogens is 1. The fourth-order valence-corrected chi connectivity index (χ4v) is 3.06. The van der Waals surface area contributed by atoms with Gasteiger partial charge in [0.15, 0.2) is 0 Å². The maximum absolute atomic E-state index is 5.26. The molecule has 0 heterocycles. The Labute approximate surface area is 143 Å². The van der Waals surface area contributed by atoms with Crippen molar-refractivity contribution >= 4 is 28.8 Å². The van der Waals surface area contributed by atoms with Crippen LogP contribution in [0, 0.1) is 0 Å². The van der Waals surface area contributed by atoms with E-state index < -0.39 is 0 Å². The monoisotopic (exact) mass is 401 g/mol. The summed E-state index contributed by atoms with van der Waals surface area (Å²) in [5.74, 6) is 0.680. The highest BCUT2D eigenvalue weighted by Crippen LogP contribution is 2.29. The van der Waals surface area contributed by atoms with Gasteiger partial charge >= 0.3 is 0 Å². The summed E-state index contributed by atoms with van der Waals surface area (Å²) in [6.07, 6.45) is 7.95. The van der Waals surface area contributed by atoms with Crippen molar-refractivity contribution in [3.63, 3.8) is 0 Å². The number of hydrogen-bond donors (Lipinski definition) is 0. The molecule has 0 N–H and O–H groups in total. The Morgan fingerprint density at radius 2 is 1.71 bits per heavy atom. The van der Waals surface area contributed by atoms with E-state index in [0.29, 0.717) is 5.90 Å². The Kier molecular flexibility index (Phi) is 8.30. The van der Waals surface area contributed by atoms with Gasteiger partial charge in [0, 0.05) is 5.56 Å². The minimum Gasteiger partial charge on any atom is -0.480 e. The molecule has 0 atom stereocenters. The van der Waals surface area contributed by atoms with Crippen LogP contribution in [0.1, 0.15) is 70.4 Å². The molecule has 0 aromatic heterocycles. The minimum absolute atomic E-state index is 0.236. The van der Waals surface area contributed by atoms with Crippen molar-refractivity contribution in [2.45, 2.75) is 64.7 Å². The first-order chi connectivity index (χ1) is 10.0. The van der Waals surface area contributed by atoms with Gasteiger partial charge in [-0.3, -0.25) is 0 Å². The highest BCUT2D eigenvalue weighted by atomic mass is 127. The van der Waals surface area contributed by atoms with Crippen LogP contribution in [0.5, 0.6) is 0 Å². The van der Waals surface area contributed by atoms with Gasteiger partial charge in [-0.05, 0) is 29.5 Å². The lowest BCUT2D eigenvalue weighted by Gasteiger charge is -2.25. The predicted octanol–water partition coefficient (Wildman–Crippen LogP) is 6.07. The fourth-order valence-electron chi connectivity index (χ4n) is 2.58. The third-order valence-electron chi connectivity index (χ3n) is 4.09. The first kappa shape index (κ1) is 18.5. The molecule has 0 bridgehead atoms. The zero-order valence-electron chi connectivity index (χ0n) is 13.8. The van der Waals surface area contributed by atoms with Crippen molar-refractivity contribution in [2.75, 3.05) is 7.11 Å². The molecule has 1 aromatic carbocycles. The molecule has 3 heteroatoms. The molecule has 0 fully saturated rings. The van der Waals surface area contributed by atoms with Gasteiger partial charge in [-0.25, -0.2) is 0 Å². The molecule has 1 aromatic rings. The van der Waals surface area contributed by atoms with Gasteiger partial charge in [0.25, 0.3) is 0 Å². The van der Waals surface area contributed by atoms with E-state index in [9.17, 15) is 0 Å². The van der Waals surface area contributed by atoms with Crippen LogP contribution in [-0.4, -0.2) is 13.0 Å². The van der Waals surface area contributed by atoms with Crippen LogP contribution in [-0.2, 0) is 10.2 Å². The summed E-state index contributed by atoms with van der Waals surface area (Å²) in [6, 6.07) is 8.63. The van der Waals surface area contributed by atoms with E-state index in [2.05, 4.69) is 48.2 Å². The second-order valence-corrected chi connectivity index (χ2v) is 6.70. The van der Waals surface area contributed by atoms with Crippen LogP contribution >= 0.6 is 22.9 Å². The van der Waals surface area contributed by atoms with Gasteiger partial charge in [-0.1, -0.05) is 65.0 Å². The topological polar surface area (TPSA) is 21.6 Å². The molecule has 21 heavy (non-hydrogen) atoms. The number of methoxy groups -OCH3 is 1. The average Bonchev–Trinajstić information content (AvgIpc) is 2.49. The van der Waals surface area contributed by atoms with Crippen molar-refractivity contribution in [1.82, 2.24) is 0 Å². The van der Waals surface area contributed by atoms with Crippen LogP contribution in [0.2, 0.25) is 0 Å². The molecule has 118 valence electrons. The van der Waals surface area contributed by atoms with Crippen LogP contribution in [0.25, 0.3) is 0 Å². The maximum atomic E-state index is 5.26. The summed E-state index contributed by atoms with van der Waals surface area (Å²) in [4.78, 5) is 0. The molecule has 0 spiro atoms. The van der Waals surface area contributed by atoms with E-state index in [0.717, 1.165) is 5.56 Å². The van der Waals surface area contributed by atoms with Crippen LogP contribution < -0.4 is 0 Å². The van der Waals surface area contributed by atoms with E-state index in [4.69, 9.17) is 4.74 Å². The van der Waals surface area contributed by atoms with E-state index in [1.54, 1.807) is 7.11 Å². The lowest BCUT2D eigenvalue weighted by atomic mass is 9.79. The summed E-state index contributed by atoms with van der Waals surface area (Å²) in [5.41, 5.74) is 2.67. The Hall–Kier alpha value is -0.580. The smallest absolute Gasteiger partial charge is 0.225 e. The molecule has 0 aliphatic rings. The fraction of sp³-hybridized carbons (Fsp3) is 0.611. The molecule has 0 saturated carbocycles. The standard InChI is InChI=1S/C18H28INO/c1-5-6-7-8-9-14-18(2,3)16-12-10-15(11-13-16)17(20-19)21-4/h10-13H,5-9,14H2,1-4H3/b20-17-. The lowest BCUT2D eigenvalue weighted by Crippen LogP contribution is -2.17. The Bertz CT molecular complexity index is 437. The van der Waals surface area contributed by atoms with Crippen molar-refractivity contribution in [3.8, 4) is 0 Å². The van der Waals surface area contributed by atoms with Gasteiger partial charge in [-0.2, -0.15) is 3.21 Å². The molecule has 0 amide bonds. The molecular weight excluding hydrogens is 373 g/mol. The molecule has 0 aliphatic heterocycles. The van der Waals surface area contributed by atoms with Crippen LogP contribution in [0.15, 0.2) is 27.5 Å². The zero-order valence-corrected chi connectivity index (χ0v) is 15.9. The van der Waals surface area contributed by atoms with E-state index in [-0.39, 0.29) is 5.41 Å². The van der Waals surface area contributed by atoms with E-state index in [1.807, 2.05) is 22.9 Å². The van der Waals surface area contributed by atoms with Gasteiger partial charge in [0.05, 0.1) is 30.0 Å². The maximum Gasteiger partial charge on any atom is 0.225 e. The van der Waals surface area contributed by atoms with Gasteiger partial charge in [0.2, 0.25) is 5.90 Å². The molecule has 0 unspecified atom stereocenters. The quantitative estimate of drug-likeness (QED) is 0.224. The van der Waals surface area contributed by atoms with Crippen LogP contribution in [0.4, 0.5) is 0 Å². The molecule has 2 nitrogen and oxygen atoms in total. The van der Waals surface area contributed by atoms with Gasteiger partial charge < -0.3 is 4.74 Å². The molecule has 1 rings (SSSR count). The van der Waals surface area contributed by atoms with Crippen molar-refractivity contribution in [2.24, 2.45) is 3.21 Å². The zero-order chi connectivity index (χ0) is 15.7. The largest absolute Gasteiger partial charge is 0.480 e. The van der Waals surface area contributed by atoms with E-state index in [1.165, 1.54) is 44.1 Å². The summed E-state index contributed by atoms with van der Waals surface area (Å²) >= 11 is 1.97. The number of rotatable bonds is 8. The normalized spacial score (nSPS) is 12.5. The third-order valence-corrected chi connectivity index (χ3v) is 4.53.